The first-order chi connectivity index (χ1) is 7.72. The van der Waals surface area contributed by atoms with E-state index in [1.54, 1.807) is 12.1 Å². The number of benzene rings is 1. The van der Waals surface area contributed by atoms with Gasteiger partial charge in [-0.25, -0.2) is 4.39 Å². The van der Waals surface area contributed by atoms with Crippen molar-refractivity contribution >= 4 is 15.9 Å². The molecular formula is C13H19BrFNO. The zero-order chi connectivity index (χ0) is 13.3. The number of halogens is 2. The summed E-state index contributed by atoms with van der Waals surface area (Å²) >= 11 is 3.23. The standard InChI is InChI=1S/C13H19BrFNO/c1-12(2,16)13(3,6-7-17)10-5-4-9(14)8-11(10)15/h4-5,8,17H,6-7,16H2,1-3H3. The summed E-state index contributed by atoms with van der Waals surface area (Å²) in [7, 11) is 0. The van der Waals surface area contributed by atoms with E-state index in [4.69, 9.17) is 5.73 Å². The fourth-order valence-corrected chi connectivity index (χ4v) is 2.30. The van der Waals surface area contributed by atoms with Crippen molar-refractivity contribution in [3.05, 3.63) is 34.1 Å². The quantitative estimate of drug-likeness (QED) is 0.898. The molecule has 4 heteroatoms. The molecule has 0 aromatic heterocycles. The van der Waals surface area contributed by atoms with Gasteiger partial charge in [-0.1, -0.05) is 28.9 Å². The van der Waals surface area contributed by atoms with E-state index in [0.717, 1.165) is 0 Å². The molecule has 0 saturated heterocycles. The molecule has 1 atom stereocenters. The van der Waals surface area contributed by atoms with Crippen LogP contribution < -0.4 is 5.73 Å². The highest BCUT2D eigenvalue weighted by Gasteiger charge is 2.40. The SMILES string of the molecule is CC(C)(N)C(C)(CCO)c1ccc(Br)cc1F. The second-order valence-electron chi connectivity index (χ2n) is 5.15. The molecular weight excluding hydrogens is 285 g/mol. The molecule has 1 aromatic rings. The first kappa shape index (κ1) is 14.6. The molecule has 0 amide bonds. The number of hydrogen-bond donors (Lipinski definition) is 2. The molecule has 2 nitrogen and oxygen atoms in total. The summed E-state index contributed by atoms with van der Waals surface area (Å²) < 4.78 is 14.7. The number of aliphatic hydroxyl groups is 1. The van der Waals surface area contributed by atoms with Gasteiger partial charge in [-0.3, -0.25) is 0 Å². The summed E-state index contributed by atoms with van der Waals surface area (Å²) in [5.74, 6) is -0.297. The molecule has 0 saturated carbocycles. The van der Waals surface area contributed by atoms with Crippen LogP contribution in [0.15, 0.2) is 22.7 Å². The third kappa shape index (κ3) is 2.87. The van der Waals surface area contributed by atoms with Gasteiger partial charge in [0.1, 0.15) is 5.82 Å². The molecule has 0 radical (unpaired) electrons. The maximum absolute atomic E-state index is 14.0. The van der Waals surface area contributed by atoms with Gasteiger partial charge in [0.2, 0.25) is 0 Å². The van der Waals surface area contributed by atoms with Crippen LogP contribution in [0, 0.1) is 5.82 Å². The van der Waals surface area contributed by atoms with Crippen molar-refractivity contribution < 1.29 is 9.50 Å². The Morgan fingerprint density at radius 1 is 1.35 bits per heavy atom. The van der Waals surface area contributed by atoms with Crippen LogP contribution in [0.4, 0.5) is 4.39 Å². The van der Waals surface area contributed by atoms with E-state index in [-0.39, 0.29) is 12.4 Å². The van der Waals surface area contributed by atoms with Crippen molar-refractivity contribution in [2.45, 2.75) is 38.1 Å². The highest BCUT2D eigenvalue weighted by atomic mass is 79.9. The van der Waals surface area contributed by atoms with Crippen molar-refractivity contribution in [1.82, 2.24) is 0 Å². The molecule has 1 unspecified atom stereocenters. The van der Waals surface area contributed by atoms with Gasteiger partial charge in [-0.05, 0) is 38.0 Å². The number of nitrogens with two attached hydrogens (primary N) is 1. The van der Waals surface area contributed by atoms with Gasteiger partial charge >= 0.3 is 0 Å². The van der Waals surface area contributed by atoms with Crippen molar-refractivity contribution in [2.75, 3.05) is 6.61 Å². The lowest BCUT2D eigenvalue weighted by atomic mass is 9.66. The summed E-state index contributed by atoms with van der Waals surface area (Å²) in [6.45, 7) is 5.57. The monoisotopic (exact) mass is 303 g/mol. The predicted molar refractivity (Wildman–Crippen MR) is 71.4 cm³/mol. The molecule has 17 heavy (non-hydrogen) atoms. The number of aliphatic hydroxyl groups excluding tert-OH is 1. The Hall–Kier alpha value is -0.450. The van der Waals surface area contributed by atoms with Crippen molar-refractivity contribution in [3.63, 3.8) is 0 Å². The minimum atomic E-state index is -0.621. The Balaban J connectivity index is 3.32. The first-order valence-electron chi connectivity index (χ1n) is 5.57. The van der Waals surface area contributed by atoms with Crippen molar-refractivity contribution in [1.29, 1.82) is 0 Å². The van der Waals surface area contributed by atoms with Gasteiger partial charge in [0.15, 0.2) is 0 Å². The highest BCUT2D eigenvalue weighted by Crippen LogP contribution is 2.38. The Kier molecular flexibility index (Phi) is 4.33. The normalized spacial score (nSPS) is 15.7. The predicted octanol–water partition coefficient (Wildman–Crippen LogP) is 2.97. The molecule has 0 aliphatic heterocycles. The molecule has 3 N–H and O–H groups in total. The average molecular weight is 304 g/mol. The van der Waals surface area contributed by atoms with E-state index in [9.17, 15) is 9.50 Å². The largest absolute Gasteiger partial charge is 0.396 e. The highest BCUT2D eigenvalue weighted by molar-refractivity contribution is 9.10. The van der Waals surface area contributed by atoms with Crippen LogP contribution in [0.5, 0.6) is 0 Å². The Morgan fingerprint density at radius 3 is 2.35 bits per heavy atom. The molecule has 0 spiro atoms. The zero-order valence-corrected chi connectivity index (χ0v) is 12.0. The maximum atomic E-state index is 14.0. The minimum absolute atomic E-state index is 0.0212. The molecule has 1 aromatic carbocycles. The van der Waals surface area contributed by atoms with E-state index in [1.165, 1.54) is 6.07 Å². The Bertz CT molecular complexity index is 403. The van der Waals surface area contributed by atoms with Crippen LogP contribution in [-0.4, -0.2) is 17.3 Å². The van der Waals surface area contributed by atoms with E-state index < -0.39 is 11.0 Å². The Labute approximate surface area is 110 Å². The van der Waals surface area contributed by atoms with Gasteiger partial charge in [-0.2, -0.15) is 0 Å². The van der Waals surface area contributed by atoms with E-state index >= 15 is 0 Å². The summed E-state index contributed by atoms with van der Waals surface area (Å²) in [4.78, 5) is 0. The van der Waals surface area contributed by atoms with Crippen molar-refractivity contribution in [3.8, 4) is 0 Å². The average Bonchev–Trinajstić information content (AvgIpc) is 2.15. The van der Waals surface area contributed by atoms with E-state index in [2.05, 4.69) is 15.9 Å². The third-order valence-electron chi connectivity index (χ3n) is 3.56. The van der Waals surface area contributed by atoms with Gasteiger partial charge in [0.05, 0.1) is 0 Å². The molecule has 0 bridgehead atoms. The minimum Gasteiger partial charge on any atom is -0.396 e. The number of hydrogen-bond acceptors (Lipinski definition) is 2. The zero-order valence-electron chi connectivity index (χ0n) is 10.4. The second-order valence-corrected chi connectivity index (χ2v) is 6.07. The first-order valence-corrected chi connectivity index (χ1v) is 6.37. The molecule has 0 aliphatic rings. The van der Waals surface area contributed by atoms with Crippen LogP contribution in [0.1, 0.15) is 32.8 Å². The van der Waals surface area contributed by atoms with Gasteiger partial charge in [0.25, 0.3) is 0 Å². The van der Waals surface area contributed by atoms with Gasteiger partial charge in [-0.15, -0.1) is 0 Å². The third-order valence-corrected chi connectivity index (χ3v) is 4.05. The summed E-state index contributed by atoms with van der Waals surface area (Å²) in [5, 5.41) is 9.18. The van der Waals surface area contributed by atoms with Crippen LogP contribution in [-0.2, 0) is 5.41 Å². The topological polar surface area (TPSA) is 46.2 Å². The molecule has 0 aliphatic carbocycles. The van der Waals surface area contributed by atoms with Gasteiger partial charge in [0, 0.05) is 22.0 Å². The summed E-state index contributed by atoms with van der Waals surface area (Å²) in [6.07, 6.45) is 0.426. The summed E-state index contributed by atoms with van der Waals surface area (Å²) in [5.41, 5.74) is 5.47. The maximum Gasteiger partial charge on any atom is 0.128 e. The molecule has 96 valence electrons. The van der Waals surface area contributed by atoms with Crippen LogP contribution in [0.25, 0.3) is 0 Å². The lowest BCUT2D eigenvalue weighted by Crippen LogP contribution is -2.53. The molecule has 1 rings (SSSR count). The van der Waals surface area contributed by atoms with Crippen LogP contribution in [0.3, 0.4) is 0 Å². The fourth-order valence-electron chi connectivity index (χ4n) is 1.96. The van der Waals surface area contributed by atoms with Crippen LogP contribution >= 0.6 is 15.9 Å². The molecule has 0 heterocycles. The summed E-state index contributed by atoms with van der Waals surface area (Å²) in [6, 6.07) is 4.94. The fraction of sp³-hybridized carbons (Fsp3) is 0.538. The second kappa shape index (κ2) is 5.04. The number of rotatable bonds is 4. The van der Waals surface area contributed by atoms with Crippen LogP contribution in [0.2, 0.25) is 0 Å². The lowest BCUT2D eigenvalue weighted by Gasteiger charge is -2.42. The molecule has 0 fully saturated rings. The van der Waals surface area contributed by atoms with Gasteiger partial charge < -0.3 is 10.8 Å². The smallest absolute Gasteiger partial charge is 0.128 e. The lowest BCUT2D eigenvalue weighted by molar-refractivity contribution is 0.186. The Morgan fingerprint density at radius 2 is 1.94 bits per heavy atom. The van der Waals surface area contributed by atoms with Crippen molar-refractivity contribution in [2.24, 2.45) is 5.73 Å². The van der Waals surface area contributed by atoms with E-state index in [1.807, 2.05) is 20.8 Å². The van der Waals surface area contributed by atoms with E-state index in [0.29, 0.717) is 16.5 Å².